The number of carboxylic acids is 1. The van der Waals surface area contributed by atoms with E-state index in [-0.39, 0.29) is 5.78 Å². The van der Waals surface area contributed by atoms with Crippen molar-refractivity contribution in [2.75, 3.05) is 18.0 Å². The van der Waals surface area contributed by atoms with E-state index in [0.29, 0.717) is 18.7 Å². The minimum absolute atomic E-state index is 0.0131. The van der Waals surface area contributed by atoms with Crippen LogP contribution in [0.1, 0.15) is 31.1 Å². The van der Waals surface area contributed by atoms with Gasteiger partial charge in [0.25, 0.3) is 0 Å². The molecule has 0 radical (unpaired) electrons. The molecule has 1 unspecified atom stereocenters. The fourth-order valence-corrected chi connectivity index (χ4v) is 1.75. The zero-order chi connectivity index (χ0) is 13.7. The smallest absolute Gasteiger partial charge is 0.308 e. The summed E-state index contributed by atoms with van der Waals surface area (Å²) in [5, 5.41) is 8.94. The van der Waals surface area contributed by atoms with E-state index in [0.717, 1.165) is 5.69 Å². The van der Waals surface area contributed by atoms with Crippen LogP contribution < -0.4 is 4.90 Å². The Hall–Kier alpha value is -1.84. The molecule has 0 aromatic heterocycles. The van der Waals surface area contributed by atoms with Gasteiger partial charge in [0.15, 0.2) is 5.78 Å². The van der Waals surface area contributed by atoms with Crippen LogP contribution in [0.25, 0.3) is 0 Å². The molecule has 98 valence electrons. The summed E-state index contributed by atoms with van der Waals surface area (Å²) in [5.41, 5.74) is 1.53. The molecular formula is C14H19NO3. The largest absolute Gasteiger partial charge is 0.481 e. The number of hydrogen-bond donors (Lipinski definition) is 1. The van der Waals surface area contributed by atoms with Crippen LogP contribution in [0.2, 0.25) is 0 Å². The van der Waals surface area contributed by atoms with Gasteiger partial charge in [0.2, 0.25) is 0 Å². The summed E-state index contributed by atoms with van der Waals surface area (Å²) < 4.78 is 0. The van der Waals surface area contributed by atoms with Crippen molar-refractivity contribution in [3.05, 3.63) is 29.8 Å². The Labute approximate surface area is 107 Å². The molecule has 0 fully saturated rings. The summed E-state index contributed by atoms with van der Waals surface area (Å²) >= 11 is 0. The maximum absolute atomic E-state index is 11.3. The van der Waals surface area contributed by atoms with Crippen molar-refractivity contribution < 1.29 is 14.7 Å². The highest BCUT2D eigenvalue weighted by molar-refractivity contribution is 5.95. The SMILES string of the molecule is CCN(CC(C)C(=O)O)c1cccc(C(C)=O)c1. The predicted octanol–water partition coefficient (Wildman–Crippen LogP) is 2.44. The van der Waals surface area contributed by atoms with Crippen LogP contribution in [0.15, 0.2) is 24.3 Å². The van der Waals surface area contributed by atoms with E-state index in [9.17, 15) is 9.59 Å². The summed E-state index contributed by atoms with van der Waals surface area (Å²) in [6.07, 6.45) is 0. The molecule has 0 saturated heterocycles. The molecule has 1 atom stereocenters. The molecule has 4 nitrogen and oxygen atoms in total. The van der Waals surface area contributed by atoms with Crippen molar-refractivity contribution in [3.8, 4) is 0 Å². The minimum Gasteiger partial charge on any atom is -0.481 e. The number of carbonyl (C=O) groups excluding carboxylic acids is 1. The van der Waals surface area contributed by atoms with Gasteiger partial charge in [-0.3, -0.25) is 9.59 Å². The first kappa shape index (κ1) is 14.2. The van der Waals surface area contributed by atoms with Crippen LogP contribution in [0, 0.1) is 5.92 Å². The van der Waals surface area contributed by atoms with Crippen molar-refractivity contribution in [1.29, 1.82) is 0 Å². The summed E-state index contributed by atoms with van der Waals surface area (Å²) in [4.78, 5) is 24.2. The number of aliphatic carboxylic acids is 1. The number of ketones is 1. The monoisotopic (exact) mass is 249 g/mol. The summed E-state index contributed by atoms with van der Waals surface area (Å²) in [5.74, 6) is -1.23. The maximum atomic E-state index is 11.3. The standard InChI is InChI=1S/C14H19NO3/c1-4-15(9-10(2)14(17)18)13-7-5-6-12(8-13)11(3)16/h5-8,10H,4,9H2,1-3H3,(H,17,18). The van der Waals surface area contributed by atoms with Crippen LogP contribution in [0.5, 0.6) is 0 Å². The molecule has 1 N–H and O–H groups in total. The normalized spacial score (nSPS) is 11.9. The molecule has 0 heterocycles. The molecule has 0 aliphatic carbocycles. The summed E-state index contributed by atoms with van der Waals surface area (Å²) in [6, 6.07) is 7.28. The average Bonchev–Trinajstić information content (AvgIpc) is 2.35. The Morgan fingerprint density at radius 2 is 2.06 bits per heavy atom. The Balaban J connectivity index is 2.91. The molecule has 18 heavy (non-hydrogen) atoms. The molecule has 0 amide bonds. The van der Waals surface area contributed by atoms with E-state index in [4.69, 9.17) is 5.11 Å². The maximum Gasteiger partial charge on any atom is 0.308 e. The Kier molecular flexibility index (Phi) is 4.89. The third-order valence-corrected chi connectivity index (χ3v) is 2.92. The van der Waals surface area contributed by atoms with Gasteiger partial charge < -0.3 is 10.0 Å². The number of hydrogen-bond acceptors (Lipinski definition) is 3. The van der Waals surface area contributed by atoms with Gasteiger partial charge in [-0.15, -0.1) is 0 Å². The molecule has 0 aliphatic rings. The first-order valence-electron chi connectivity index (χ1n) is 6.04. The highest BCUT2D eigenvalue weighted by Gasteiger charge is 2.16. The van der Waals surface area contributed by atoms with Crippen molar-refractivity contribution in [3.63, 3.8) is 0 Å². The van der Waals surface area contributed by atoms with Gasteiger partial charge >= 0.3 is 5.97 Å². The second kappa shape index (κ2) is 6.19. The molecule has 0 aliphatic heterocycles. The molecule has 1 aromatic rings. The third-order valence-electron chi connectivity index (χ3n) is 2.92. The fraction of sp³-hybridized carbons (Fsp3) is 0.429. The minimum atomic E-state index is -0.809. The van der Waals surface area contributed by atoms with Gasteiger partial charge in [-0.05, 0) is 26.0 Å². The van der Waals surface area contributed by atoms with Crippen LogP contribution in [-0.2, 0) is 4.79 Å². The molecular weight excluding hydrogens is 230 g/mol. The number of rotatable bonds is 6. The van der Waals surface area contributed by atoms with E-state index in [1.54, 1.807) is 19.1 Å². The van der Waals surface area contributed by atoms with Gasteiger partial charge in [-0.25, -0.2) is 0 Å². The molecule has 0 spiro atoms. The quantitative estimate of drug-likeness (QED) is 0.787. The molecule has 1 aromatic carbocycles. The van der Waals surface area contributed by atoms with Crippen LogP contribution in [0.4, 0.5) is 5.69 Å². The van der Waals surface area contributed by atoms with Crippen LogP contribution in [0.3, 0.4) is 0 Å². The lowest BCUT2D eigenvalue weighted by Gasteiger charge is -2.25. The van der Waals surface area contributed by atoms with E-state index in [2.05, 4.69) is 0 Å². The molecule has 0 bridgehead atoms. The summed E-state index contributed by atoms with van der Waals surface area (Å²) in [6.45, 7) is 6.32. The van der Waals surface area contributed by atoms with Crippen molar-refractivity contribution in [2.24, 2.45) is 5.92 Å². The zero-order valence-electron chi connectivity index (χ0n) is 11.0. The lowest BCUT2D eigenvalue weighted by atomic mass is 10.1. The number of Topliss-reactive ketones (excluding diaryl/α,β-unsaturated/α-hetero) is 1. The first-order valence-corrected chi connectivity index (χ1v) is 6.04. The first-order chi connectivity index (χ1) is 8.45. The lowest BCUT2D eigenvalue weighted by molar-refractivity contribution is -0.140. The lowest BCUT2D eigenvalue weighted by Crippen LogP contribution is -2.31. The Morgan fingerprint density at radius 3 is 2.56 bits per heavy atom. The number of anilines is 1. The van der Waals surface area contributed by atoms with Crippen molar-refractivity contribution in [1.82, 2.24) is 0 Å². The second-order valence-electron chi connectivity index (χ2n) is 4.38. The van der Waals surface area contributed by atoms with E-state index in [1.165, 1.54) is 6.92 Å². The van der Waals surface area contributed by atoms with Crippen LogP contribution in [-0.4, -0.2) is 29.9 Å². The van der Waals surface area contributed by atoms with Gasteiger partial charge in [0.05, 0.1) is 5.92 Å². The van der Waals surface area contributed by atoms with Gasteiger partial charge in [-0.1, -0.05) is 19.1 Å². The van der Waals surface area contributed by atoms with Crippen molar-refractivity contribution >= 4 is 17.4 Å². The third kappa shape index (κ3) is 3.58. The fourth-order valence-electron chi connectivity index (χ4n) is 1.75. The highest BCUT2D eigenvalue weighted by Crippen LogP contribution is 2.18. The van der Waals surface area contributed by atoms with Crippen molar-refractivity contribution in [2.45, 2.75) is 20.8 Å². The van der Waals surface area contributed by atoms with Gasteiger partial charge in [0, 0.05) is 24.3 Å². The van der Waals surface area contributed by atoms with Gasteiger partial charge in [0.1, 0.15) is 0 Å². The Bertz CT molecular complexity index is 442. The number of carbonyl (C=O) groups is 2. The number of benzene rings is 1. The van der Waals surface area contributed by atoms with Crippen LogP contribution >= 0.6 is 0 Å². The second-order valence-corrected chi connectivity index (χ2v) is 4.38. The van der Waals surface area contributed by atoms with E-state index < -0.39 is 11.9 Å². The highest BCUT2D eigenvalue weighted by atomic mass is 16.4. The number of carboxylic acid groups (broad SMARTS) is 1. The van der Waals surface area contributed by atoms with Gasteiger partial charge in [-0.2, -0.15) is 0 Å². The topological polar surface area (TPSA) is 57.6 Å². The molecule has 1 rings (SSSR count). The Morgan fingerprint density at radius 1 is 1.39 bits per heavy atom. The summed E-state index contributed by atoms with van der Waals surface area (Å²) in [7, 11) is 0. The molecule has 4 heteroatoms. The van der Waals surface area contributed by atoms with E-state index >= 15 is 0 Å². The molecule has 0 saturated carbocycles. The zero-order valence-corrected chi connectivity index (χ0v) is 11.0. The predicted molar refractivity (Wildman–Crippen MR) is 71.1 cm³/mol. The number of nitrogens with zero attached hydrogens (tertiary/aromatic N) is 1. The average molecular weight is 249 g/mol. The van der Waals surface area contributed by atoms with E-state index in [1.807, 2.05) is 24.0 Å².